The van der Waals surface area contributed by atoms with Crippen molar-refractivity contribution in [2.24, 2.45) is 0 Å². The molecule has 0 aliphatic carbocycles. The topological polar surface area (TPSA) is 96.0 Å². The van der Waals surface area contributed by atoms with Gasteiger partial charge in [-0.05, 0) is 44.4 Å². The van der Waals surface area contributed by atoms with E-state index in [1.165, 1.54) is 35.6 Å². The minimum Gasteiger partial charge on any atom is -0.486 e. The Morgan fingerprint density at radius 1 is 1.19 bits per heavy atom. The molecule has 0 saturated carbocycles. The fourth-order valence-corrected chi connectivity index (χ4v) is 3.62. The predicted molar refractivity (Wildman–Crippen MR) is 119 cm³/mol. The van der Waals surface area contributed by atoms with E-state index in [9.17, 15) is 9.18 Å². The summed E-state index contributed by atoms with van der Waals surface area (Å²) in [6.45, 7) is 1.68. The molecule has 4 aromatic rings. The van der Waals surface area contributed by atoms with Gasteiger partial charge in [0.25, 0.3) is 5.56 Å². The molecule has 0 unspecified atom stereocenters. The first-order valence-corrected chi connectivity index (χ1v) is 10.5. The number of anilines is 1. The highest BCUT2D eigenvalue weighted by atomic mass is 32.1. The number of aromatic nitrogens is 4. The highest BCUT2D eigenvalue weighted by Gasteiger charge is 2.14. The first-order valence-electron chi connectivity index (χ1n) is 9.60. The van der Waals surface area contributed by atoms with Crippen LogP contribution in [0.2, 0.25) is 0 Å². The van der Waals surface area contributed by atoms with Gasteiger partial charge in [0.15, 0.2) is 5.13 Å². The summed E-state index contributed by atoms with van der Waals surface area (Å²) >= 11 is 1.47. The van der Waals surface area contributed by atoms with Crippen LogP contribution in [0.25, 0.3) is 22.3 Å². The molecule has 3 heterocycles. The monoisotopic (exact) mass is 440 g/mol. The van der Waals surface area contributed by atoms with Gasteiger partial charge < -0.3 is 19.9 Å². The molecule has 0 bridgehead atoms. The first-order chi connectivity index (χ1) is 15.0. The van der Waals surface area contributed by atoms with Crippen molar-refractivity contribution in [3.63, 3.8) is 0 Å². The predicted octanol–water partition coefficient (Wildman–Crippen LogP) is 3.13. The van der Waals surface area contributed by atoms with E-state index in [0.29, 0.717) is 33.9 Å². The summed E-state index contributed by atoms with van der Waals surface area (Å²) in [7, 11) is 4.02. The van der Waals surface area contributed by atoms with Crippen LogP contribution in [0.1, 0.15) is 5.82 Å². The molecule has 4 rings (SSSR count). The number of rotatable bonds is 8. The lowest BCUT2D eigenvalue weighted by Crippen LogP contribution is -2.20. The van der Waals surface area contributed by atoms with Crippen molar-refractivity contribution in [3.8, 4) is 17.1 Å². The molecule has 0 saturated heterocycles. The minimum atomic E-state index is -0.348. The number of pyridine rings is 1. The molecule has 3 aromatic heterocycles. The van der Waals surface area contributed by atoms with Crippen molar-refractivity contribution in [3.05, 3.63) is 63.9 Å². The number of likely N-dealkylation sites (N-methyl/N-ethyl adjacent to an activating group) is 1. The summed E-state index contributed by atoms with van der Waals surface area (Å²) in [4.78, 5) is 31.0. The van der Waals surface area contributed by atoms with Gasteiger partial charge in [0.05, 0.1) is 5.39 Å². The van der Waals surface area contributed by atoms with Crippen molar-refractivity contribution in [2.75, 3.05) is 32.5 Å². The fourth-order valence-electron chi connectivity index (χ4n) is 2.90. The zero-order valence-corrected chi connectivity index (χ0v) is 17.9. The largest absolute Gasteiger partial charge is 0.486 e. The van der Waals surface area contributed by atoms with E-state index in [1.807, 2.05) is 19.5 Å². The summed E-state index contributed by atoms with van der Waals surface area (Å²) in [6.07, 6.45) is 1.57. The van der Waals surface area contributed by atoms with Crippen LogP contribution < -0.4 is 15.6 Å². The summed E-state index contributed by atoms with van der Waals surface area (Å²) in [5.74, 6) is 0.471. The van der Waals surface area contributed by atoms with Gasteiger partial charge in [0.2, 0.25) is 0 Å². The Morgan fingerprint density at radius 2 is 2.00 bits per heavy atom. The van der Waals surface area contributed by atoms with Gasteiger partial charge in [-0.15, -0.1) is 11.3 Å². The third-order valence-electron chi connectivity index (χ3n) is 4.44. The van der Waals surface area contributed by atoms with E-state index in [0.717, 1.165) is 18.2 Å². The second-order valence-electron chi connectivity index (χ2n) is 7.08. The second kappa shape index (κ2) is 9.19. The number of nitrogens with one attached hydrogen (secondary N) is 2. The van der Waals surface area contributed by atoms with Gasteiger partial charge in [-0.1, -0.05) is 0 Å². The smallest absolute Gasteiger partial charge is 0.258 e. The zero-order chi connectivity index (χ0) is 21.8. The standard InChI is InChI=1S/C21H21FN6O2S/c1-28(2)10-9-24-21-25-16(12-31-21)19-18-15(7-8-23-19)20(29)27-17(26-18)11-30-14-5-3-13(22)4-6-14/h3-8,12H,9-11H2,1-2H3,(H,24,25)(H,26,27,29). The molecule has 0 fully saturated rings. The first kappa shape index (κ1) is 20.9. The minimum absolute atomic E-state index is 0.0273. The number of fused-ring (bicyclic) bond motifs is 1. The maximum atomic E-state index is 13.1. The second-order valence-corrected chi connectivity index (χ2v) is 7.94. The van der Waals surface area contributed by atoms with Gasteiger partial charge in [0, 0.05) is 24.7 Å². The van der Waals surface area contributed by atoms with Crippen LogP contribution in [0.3, 0.4) is 0 Å². The molecule has 0 radical (unpaired) electrons. The number of aromatic amines is 1. The fraction of sp³-hybridized carbons (Fsp3) is 0.238. The molecule has 0 amide bonds. The highest BCUT2D eigenvalue weighted by molar-refractivity contribution is 7.14. The summed E-state index contributed by atoms with van der Waals surface area (Å²) in [6, 6.07) is 7.27. The van der Waals surface area contributed by atoms with Crippen LogP contribution in [0.15, 0.2) is 46.7 Å². The zero-order valence-electron chi connectivity index (χ0n) is 17.1. The number of benzene rings is 1. The number of H-pyrrole nitrogens is 1. The van der Waals surface area contributed by atoms with E-state index >= 15 is 0 Å². The Hall–Kier alpha value is -3.37. The van der Waals surface area contributed by atoms with Crippen LogP contribution in [-0.2, 0) is 6.61 Å². The van der Waals surface area contributed by atoms with Gasteiger partial charge in [0.1, 0.15) is 40.9 Å². The molecule has 0 aliphatic heterocycles. The van der Waals surface area contributed by atoms with Gasteiger partial charge >= 0.3 is 0 Å². The molecule has 0 aliphatic rings. The molecule has 1 aromatic carbocycles. The summed E-state index contributed by atoms with van der Waals surface area (Å²) in [5.41, 5.74) is 1.34. The lowest BCUT2D eigenvalue weighted by atomic mass is 10.2. The van der Waals surface area contributed by atoms with Crippen molar-refractivity contribution in [1.29, 1.82) is 0 Å². The maximum Gasteiger partial charge on any atom is 0.258 e. The van der Waals surface area contributed by atoms with Crippen LogP contribution in [0.5, 0.6) is 5.75 Å². The lowest BCUT2D eigenvalue weighted by molar-refractivity contribution is 0.295. The molecule has 31 heavy (non-hydrogen) atoms. The Balaban J connectivity index is 1.60. The highest BCUT2D eigenvalue weighted by Crippen LogP contribution is 2.27. The van der Waals surface area contributed by atoms with E-state index in [2.05, 4.69) is 30.2 Å². The molecule has 0 atom stereocenters. The molecular formula is C21H21FN6O2S. The molecule has 160 valence electrons. The molecule has 2 N–H and O–H groups in total. The van der Waals surface area contributed by atoms with E-state index in [-0.39, 0.29) is 18.0 Å². The molecular weight excluding hydrogens is 419 g/mol. The quantitative estimate of drug-likeness (QED) is 0.435. The van der Waals surface area contributed by atoms with Crippen molar-refractivity contribution >= 4 is 27.4 Å². The van der Waals surface area contributed by atoms with Crippen LogP contribution in [0.4, 0.5) is 9.52 Å². The van der Waals surface area contributed by atoms with Crippen molar-refractivity contribution < 1.29 is 9.13 Å². The van der Waals surface area contributed by atoms with Crippen LogP contribution in [0, 0.1) is 5.82 Å². The Morgan fingerprint density at radius 3 is 2.77 bits per heavy atom. The van der Waals surface area contributed by atoms with Gasteiger partial charge in [-0.3, -0.25) is 9.78 Å². The molecule has 10 heteroatoms. The Kier molecular flexibility index (Phi) is 6.19. The third kappa shape index (κ3) is 5.04. The maximum absolute atomic E-state index is 13.1. The SMILES string of the molecule is CN(C)CCNc1nc(-c2nccc3c(=O)[nH]c(COc4ccc(F)cc4)nc23)cs1. The average molecular weight is 441 g/mol. The number of nitrogens with zero attached hydrogens (tertiary/aromatic N) is 4. The lowest BCUT2D eigenvalue weighted by Gasteiger charge is -2.09. The van der Waals surface area contributed by atoms with Gasteiger partial charge in [-0.25, -0.2) is 14.4 Å². The van der Waals surface area contributed by atoms with Crippen LogP contribution in [-0.4, -0.2) is 52.0 Å². The van der Waals surface area contributed by atoms with E-state index < -0.39 is 0 Å². The number of hydrogen-bond donors (Lipinski definition) is 2. The number of thiazole rings is 1. The Bertz CT molecular complexity index is 1240. The third-order valence-corrected chi connectivity index (χ3v) is 5.24. The van der Waals surface area contributed by atoms with Crippen LogP contribution >= 0.6 is 11.3 Å². The summed E-state index contributed by atoms with van der Waals surface area (Å²) < 4.78 is 18.7. The Labute approximate surface area is 181 Å². The van der Waals surface area contributed by atoms with Crippen molar-refractivity contribution in [1.82, 2.24) is 24.8 Å². The van der Waals surface area contributed by atoms with E-state index in [4.69, 9.17) is 4.74 Å². The van der Waals surface area contributed by atoms with Gasteiger partial charge in [-0.2, -0.15) is 0 Å². The molecule has 0 spiro atoms. The number of halogens is 1. The molecule has 8 nitrogen and oxygen atoms in total. The number of ether oxygens (including phenoxy) is 1. The average Bonchev–Trinajstić information content (AvgIpc) is 3.21. The normalized spacial score (nSPS) is 11.2. The van der Waals surface area contributed by atoms with E-state index in [1.54, 1.807) is 12.3 Å². The summed E-state index contributed by atoms with van der Waals surface area (Å²) in [5, 5.41) is 6.37. The van der Waals surface area contributed by atoms with Crippen molar-refractivity contribution in [2.45, 2.75) is 6.61 Å². The number of hydrogen-bond acceptors (Lipinski definition) is 8.